The highest BCUT2D eigenvalue weighted by molar-refractivity contribution is 7.09. The summed E-state index contributed by atoms with van der Waals surface area (Å²) >= 11 is 1.69. The van der Waals surface area contributed by atoms with Crippen molar-refractivity contribution in [2.24, 2.45) is 5.73 Å². The summed E-state index contributed by atoms with van der Waals surface area (Å²) in [6.45, 7) is 2.02. The average molecular weight is 233 g/mol. The molecule has 1 atom stereocenters. The van der Waals surface area contributed by atoms with Crippen LogP contribution in [0.4, 0.5) is 0 Å². The van der Waals surface area contributed by atoms with Crippen LogP contribution in [0.15, 0.2) is 29.9 Å². The van der Waals surface area contributed by atoms with E-state index in [4.69, 9.17) is 5.73 Å². The second-order valence-electron chi connectivity index (χ2n) is 3.88. The van der Waals surface area contributed by atoms with Crippen molar-refractivity contribution in [3.05, 3.63) is 34.9 Å². The number of hydrogen-bond donors (Lipinski definition) is 1. The van der Waals surface area contributed by atoms with Crippen LogP contribution in [-0.2, 0) is 6.42 Å². The summed E-state index contributed by atoms with van der Waals surface area (Å²) in [4.78, 5) is 8.66. The predicted molar refractivity (Wildman–Crippen MR) is 67.3 cm³/mol. The topological polar surface area (TPSA) is 51.8 Å². The summed E-state index contributed by atoms with van der Waals surface area (Å²) in [7, 11) is 0. The van der Waals surface area contributed by atoms with E-state index in [1.54, 1.807) is 17.5 Å². The van der Waals surface area contributed by atoms with E-state index in [-0.39, 0.29) is 6.04 Å². The lowest BCUT2D eigenvalue weighted by molar-refractivity contribution is 0.664. The minimum atomic E-state index is 0.241. The summed E-state index contributed by atoms with van der Waals surface area (Å²) in [6.07, 6.45) is 5.56. The van der Waals surface area contributed by atoms with Crippen LogP contribution in [0.3, 0.4) is 0 Å². The van der Waals surface area contributed by atoms with Gasteiger partial charge in [0.05, 0.1) is 10.7 Å². The van der Waals surface area contributed by atoms with E-state index < -0.39 is 0 Å². The Labute approximate surface area is 99.4 Å². The van der Waals surface area contributed by atoms with Crippen molar-refractivity contribution in [1.29, 1.82) is 0 Å². The van der Waals surface area contributed by atoms with Crippen LogP contribution in [-0.4, -0.2) is 16.0 Å². The molecule has 0 aliphatic carbocycles. The lowest BCUT2D eigenvalue weighted by atomic mass is 10.2. The zero-order valence-electron chi connectivity index (χ0n) is 9.26. The number of aromatic nitrogens is 2. The average Bonchev–Trinajstić information content (AvgIpc) is 2.76. The molecular weight excluding hydrogens is 218 g/mol. The van der Waals surface area contributed by atoms with E-state index >= 15 is 0 Å². The van der Waals surface area contributed by atoms with Gasteiger partial charge in [-0.25, -0.2) is 4.98 Å². The van der Waals surface area contributed by atoms with Gasteiger partial charge >= 0.3 is 0 Å². The molecule has 16 heavy (non-hydrogen) atoms. The van der Waals surface area contributed by atoms with Crippen molar-refractivity contribution in [2.75, 3.05) is 0 Å². The number of nitrogens with zero attached hydrogens (tertiary/aromatic N) is 2. The molecule has 3 nitrogen and oxygen atoms in total. The van der Waals surface area contributed by atoms with E-state index in [9.17, 15) is 0 Å². The van der Waals surface area contributed by atoms with Gasteiger partial charge in [0, 0.05) is 35.8 Å². The Kier molecular flexibility index (Phi) is 3.64. The van der Waals surface area contributed by atoms with Crippen LogP contribution in [0.1, 0.15) is 18.4 Å². The van der Waals surface area contributed by atoms with Gasteiger partial charge in [-0.2, -0.15) is 0 Å². The molecule has 2 aromatic rings. The van der Waals surface area contributed by atoms with Crippen LogP contribution in [0.5, 0.6) is 0 Å². The number of pyridine rings is 1. The van der Waals surface area contributed by atoms with Gasteiger partial charge in [-0.1, -0.05) is 0 Å². The van der Waals surface area contributed by atoms with E-state index in [1.807, 2.05) is 25.3 Å². The molecule has 84 valence electrons. The molecule has 2 N–H and O–H groups in total. The summed E-state index contributed by atoms with van der Waals surface area (Å²) < 4.78 is 0. The highest BCUT2D eigenvalue weighted by atomic mass is 32.1. The lowest BCUT2D eigenvalue weighted by Gasteiger charge is -2.00. The first-order valence-corrected chi connectivity index (χ1v) is 6.24. The summed E-state index contributed by atoms with van der Waals surface area (Å²) in [5.41, 5.74) is 7.81. The fourth-order valence-corrected chi connectivity index (χ4v) is 2.25. The molecule has 0 bridgehead atoms. The Morgan fingerprint density at radius 1 is 1.50 bits per heavy atom. The summed E-state index contributed by atoms with van der Waals surface area (Å²) in [5.74, 6) is 0. The van der Waals surface area contributed by atoms with E-state index in [0.29, 0.717) is 0 Å². The van der Waals surface area contributed by atoms with Crippen LogP contribution in [0, 0.1) is 0 Å². The molecule has 0 aromatic carbocycles. The van der Waals surface area contributed by atoms with Crippen molar-refractivity contribution in [1.82, 2.24) is 9.97 Å². The Morgan fingerprint density at radius 2 is 2.38 bits per heavy atom. The van der Waals surface area contributed by atoms with Gasteiger partial charge in [-0.3, -0.25) is 4.98 Å². The van der Waals surface area contributed by atoms with Crippen LogP contribution in [0.2, 0.25) is 0 Å². The molecule has 0 saturated carbocycles. The number of nitrogens with two attached hydrogens (primary N) is 1. The number of hydrogen-bond acceptors (Lipinski definition) is 4. The van der Waals surface area contributed by atoms with Crippen LogP contribution < -0.4 is 5.73 Å². The van der Waals surface area contributed by atoms with Gasteiger partial charge in [0.1, 0.15) is 0 Å². The van der Waals surface area contributed by atoms with Crippen molar-refractivity contribution in [3.8, 4) is 11.3 Å². The molecule has 2 aromatic heterocycles. The van der Waals surface area contributed by atoms with Gasteiger partial charge in [0.15, 0.2) is 0 Å². The SMILES string of the molecule is CC(N)CCc1nc(-c2cccnc2)cs1. The Morgan fingerprint density at radius 3 is 3.06 bits per heavy atom. The highest BCUT2D eigenvalue weighted by Gasteiger charge is 2.05. The second-order valence-corrected chi connectivity index (χ2v) is 4.83. The van der Waals surface area contributed by atoms with Crippen molar-refractivity contribution in [3.63, 3.8) is 0 Å². The molecule has 1 unspecified atom stereocenters. The molecule has 0 aliphatic heterocycles. The first-order valence-electron chi connectivity index (χ1n) is 5.36. The molecule has 2 rings (SSSR count). The fourth-order valence-electron chi connectivity index (χ4n) is 1.42. The first kappa shape index (κ1) is 11.2. The van der Waals surface area contributed by atoms with Crippen molar-refractivity contribution in [2.45, 2.75) is 25.8 Å². The minimum absolute atomic E-state index is 0.241. The zero-order valence-corrected chi connectivity index (χ0v) is 10.1. The molecule has 0 radical (unpaired) electrons. The third kappa shape index (κ3) is 2.87. The van der Waals surface area contributed by atoms with Gasteiger partial charge in [0.25, 0.3) is 0 Å². The van der Waals surface area contributed by atoms with Crippen LogP contribution in [0.25, 0.3) is 11.3 Å². The minimum Gasteiger partial charge on any atom is -0.328 e. The molecule has 0 fully saturated rings. The van der Waals surface area contributed by atoms with Gasteiger partial charge in [-0.15, -0.1) is 11.3 Å². The van der Waals surface area contributed by atoms with Gasteiger partial charge < -0.3 is 5.73 Å². The fraction of sp³-hybridized carbons (Fsp3) is 0.333. The molecule has 0 spiro atoms. The van der Waals surface area contributed by atoms with Crippen molar-refractivity contribution >= 4 is 11.3 Å². The first-order chi connectivity index (χ1) is 7.75. The maximum Gasteiger partial charge on any atom is 0.0933 e. The maximum atomic E-state index is 5.73. The number of rotatable bonds is 4. The molecule has 0 aliphatic rings. The third-order valence-electron chi connectivity index (χ3n) is 2.32. The summed E-state index contributed by atoms with van der Waals surface area (Å²) in [6, 6.07) is 4.19. The molecule has 4 heteroatoms. The van der Waals surface area contributed by atoms with Gasteiger partial charge in [-0.05, 0) is 25.5 Å². The van der Waals surface area contributed by atoms with E-state index in [0.717, 1.165) is 29.1 Å². The largest absolute Gasteiger partial charge is 0.328 e. The van der Waals surface area contributed by atoms with Crippen LogP contribution >= 0.6 is 11.3 Å². The Bertz CT molecular complexity index is 437. The van der Waals surface area contributed by atoms with E-state index in [1.165, 1.54) is 0 Å². The van der Waals surface area contributed by atoms with E-state index in [2.05, 4.69) is 15.3 Å². The molecule has 0 saturated heterocycles. The zero-order chi connectivity index (χ0) is 11.4. The van der Waals surface area contributed by atoms with Crippen molar-refractivity contribution < 1.29 is 0 Å². The Hall–Kier alpha value is -1.26. The Balaban J connectivity index is 2.08. The number of aryl methyl sites for hydroxylation is 1. The molecular formula is C12H15N3S. The lowest BCUT2D eigenvalue weighted by Crippen LogP contribution is -2.15. The van der Waals surface area contributed by atoms with Gasteiger partial charge in [0.2, 0.25) is 0 Å². The normalized spacial score (nSPS) is 12.6. The maximum absolute atomic E-state index is 5.73. The summed E-state index contributed by atoms with van der Waals surface area (Å²) in [5, 5.41) is 3.23. The smallest absolute Gasteiger partial charge is 0.0933 e. The monoisotopic (exact) mass is 233 g/mol. The molecule has 0 amide bonds. The quantitative estimate of drug-likeness (QED) is 0.882. The second kappa shape index (κ2) is 5.18. The third-order valence-corrected chi connectivity index (χ3v) is 3.23. The standard InChI is InChI=1S/C12H15N3S/c1-9(13)4-5-12-15-11(8-16-12)10-3-2-6-14-7-10/h2-3,6-9H,4-5,13H2,1H3. The highest BCUT2D eigenvalue weighted by Crippen LogP contribution is 2.21. The number of thiazole rings is 1. The molecule has 2 heterocycles. The predicted octanol–water partition coefficient (Wildman–Crippen LogP) is 2.48.